The van der Waals surface area contributed by atoms with Crippen molar-refractivity contribution in [2.24, 2.45) is 5.41 Å². The highest BCUT2D eigenvalue weighted by molar-refractivity contribution is 6.22. The van der Waals surface area contributed by atoms with E-state index in [-0.39, 0.29) is 0 Å². The topological polar surface area (TPSA) is 26.3 Å². The molecule has 0 aromatic rings. The Balaban J connectivity index is 3.36. The number of alkyl halides is 13. The van der Waals surface area contributed by atoms with Crippen LogP contribution in [0, 0.1) is 5.41 Å². The van der Waals surface area contributed by atoms with Crippen molar-refractivity contribution < 1.29 is 62.2 Å². The third-order valence-electron chi connectivity index (χ3n) is 4.19. The van der Waals surface area contributed by atoms with Crippen LogP contribution in [-0.4, -0.2) is 47.1 Å². The van der Waals surface area contributed by atoms with Gasteiger partial charge in [-0.2, -0.15) is 52.7 Å². The van der Waals surface area contributed by atoms with E-state index in [9.17, 15) is 57.5 Å². The lowest BCUT2D eigenvalue weighted by Gasteiger charge is -2.41. The SMILES string of the molecule is CC1(C)CC(=O)OC1CC(F)(F)C(F)(F)C(F)(F)C(F)(F)C(F)(F)C(F)(F)Cl. The molecule has 1 aliphatic rings. The van der Waals surface area contributed by atoms with Gasteiger partial charge in [0.25, 0.3) is 0 Å². The number of cyclic esters (lactones) is 1. The van der Waals surface area contributed by atoms with E-state index >= 15 is 0 Å². The maximum atomic E-state index is 13.8. The summed E-state index contributed by atoms with van der Waals surface area (Å²) in [6.07, 6.45) is -5.27. The Hall–Kier alpha value is -1.08. The highest BCUT2D eigenvalue weighted by Gasteiger charge is 2.90. The van der Waals surface area contributed by atoms with E-state index in [1.165, 1.54) is 0 Å². The molecule has 1 aliphatic heterocycles. The minimum absolute atomic E-state index is 0.623. The van der Waals surface area contributed by atoms with E-state index in [1.807, 2.05) is 0 Å². The average molecular weight is 463 g/mol. The molecule has 0 bridgehead atoms. The summed E-state index contributed by atoms with van der Waals surface area (Å²) in [4.78, 5) is 11.1. The Labute approximate surface area is 154 Å². The largest absolute Gasteiger partial charge is 0.462 e. The summed E-state index contributed by atoms with van der Waals surface area (Å²) in [5.74, 6) is -37.3. The van der Waals surface area contributed by atoms with Gasteiger partial charge in [0.05, 0.1) is 12.8 Å². The zero-order valence-corrected chi connectivity index (χ0v) is 14.5. The second kappa shape index (κ2) is 6.46. The monoisotopic (exact) mass is 462 g/mol. The van der Waals surface area contributed by atoms with Gasteiger partial charge < -0.3 is 4.74 Å². The fraction of sp³-hybridized carbons (Fsp3) is 0.923. The summed E-state index contributed by atoms with van der Waals surface area (Å²) in [5, 5.41) is -6.48. The molecule has 0 amide bonds. The van der Waals surface area contributed by atoms with Gasteiger partial charge in [-0.15, -0.1) is 0 Å². The molecule has 1 unspecified atom stereocenters. The molecule has 166 valence electrons. The van der Waals surface area contributed by atoms with Crippen molar-refractivity contribution in [1.29, 1.82) is 0 Å². The molecule has 0 N–H and O–H groups in total. The summed E-state index contributed by atoms with van der Waals surface area (Å²) in [6, 6.07) is 0. The summed E-state index contributed by atoms with van der Waals surface area (Å²) in [7, 11) is 0. The van der Waals surface area contributed by atoms with Crippen molar-refractivity contribution in [3.63, 3.8) is 0 Å². The van der Waals surface area contributed by atoms with Gasteiger partial charge in [0.2, 0.25) is 0 Å². The molecule has 28 heavy (non-hydrogen) atoms. The third kappa shape index (κ3) is 3.49. The minimum atomic E-state index is -7.69. The number of hydrogen-bond donors (Lipinski definition) is 0. The summed E-state index contributed by atoms with van der Waals surface area (Å²) in [6.45, 7) is 2.04. The number of ether oxygens (including phenoxy) is 1. The number of esters is 1. The highest BCUT2D eigenvalue weighted by Crippen LogP contribution is 2.61. The first-order valence-corrected chi connectivity index (χ1v) is 7.49. The van der Waals surface area contributed by atoms with E-state index in [0.29, 0.717) is 0 Å². The molecular weight excluding hydrogens is 452 g/mol. The Morgan fingerprint density at radius 1 is 0.857 bits per heavy atom. The number of carbonyl (C=O) groups is 1. The first-order valence-electron chi connectivity index (χ1n) is 7.11. The summed E-state index contributed by atoms with van der Waals surface area (Å²) < 4.78 is 163. The molecule has 0 aromatic heterocycles. The standard InChI is InChI=1S/C13H11ClF12O2/c1-7(2)4-6(27)28-5(7)3-8(15,16)9(17,18)10(19,20)11(21,22)12(23,24)13(14,25)26/h5H,3-4H2,1-2H3. The van der Waals surface area contributed by atoms with Gasteiger partial charge in [0, 0.05) is 5.41 Å². The smallest absolute Gasteiger partial charge is 0.393 e. The maximum Gasteiger partial charge on any atom is 0.393 e. The van der Waals surface area contributed by atoms with Crippen molar-refractivity contribution in [1.82, 2.24) is 0 Å². The van der Waals surface area contributed by atoms with Crippen LogP contribution in [0.15, 0.2) is 0 Å². The predicted octanol–water partition coefficient (Wildman–Crippen LogP) is 5.73. The van der Waals surface area contributed by atoms with E-state index in [1.54, 1.807) is 0 Å². The van der Waals surface area contributed by atoms with E-state index in [0.717, 1.165) is 13.8 Å². The lowest BCUT2D eigenvalue weighted by Crippen LogP contribution is -2.70. The molecule has 0 radical (unpaired) electrons. The number of halogens is 13. The van der Waals surface area contributed by atoms with Crippen LogP contribution < -0.4 is 0 Å². The number of hydrogen-bond acceptors (Lipinski definition) is 2. The van der Waals surface area contributed by atoms with Crippen molar-refractivity contribution >= 4 is 17.6 Å². The van der Waals surface area contributed by atoms with Crippen LogP contribution in [0.5, 0.6) is 0 Å². The minimum Gasteiger partial charge on any atom is -0.462 e. The maximum absolute atomic E-state index is 13.8. The molecule has 2 nitrogen and oxygen atoms in total. The van der Waals surface area contributed by atoms with Gasteiger partial charge in [0.15, 0.2) is 0 Å². The van der Waals surface area contributed by atoms with Gasteiger partial charge in [-0.3, -0.25) is 4.79 Å². The molecule has 0 saturated carbocycles. The van der Waals surface area contributed by atoms with Gasteiger partial charge in [0.1, 0.15) is 6.10 Å². The fourth-order valence-electron chi connectivity index (χ4n) is 2.33. The summed E-state index contributed by atoms with van der Waals surface area (Å²) in [5.41, 5.74) is -1.62. The lowest BCUT2D eigenvalue weighted by atomic mass is 9.81. The van der Waals surface area contributed by atoms with Crippen LogP contribution in [0.1, 0.15) is 26.7 Å². The van der Waals surface area contributed by atoms with Gasteiger partial charge in [-0.25, -0.2) is 0 Å². The lowest BCUT2D eigenvalue weighted by molar-refractivity contribution is -0.418. The van der Waals surface area contributed by atoms with Crippen molar-refractivity contribution in [2.75, 3.05) is 0 Å². The Bertz CT molecular complexity index is 625. The fourth-order valence-corrected chi connectivity index (χ4v) is 2.45. The van der Waals surface area contributed by atoms with Gasteiger partial charge in [-0.05, 0) is 11.6 Å². The molecule has 1 atom stereocenters. The van der Waals surface area contributed by atoms with Gasteiger partial charge in [-0.1, -0.05) is 13.8 Å². The van der Waals surface area contributed by atoms with Crippen molar-refractivity contribution in [3.05, 3.63) is 0 Å². The Morgan fingerprint density at radius 3 is 1.57 bits per heavy atom. The Kier molecular flexibility index (Phi) is 5.76. The van der Waals surface area contributed by atoms with Crippen molar-refractivity contribution in [3.8, 4) is 0 Å². The second-order valence-corrected chi connectivity index (χ2v) is 7.32. The highest BCUT2D eigenvalue weighted by atomic mass is 35.5. The third-order valence-corrected chi connectivity index (χ3v) is 4.42. The van der Waals surface area contributed by atoms with Crippen LogP contribution in [0.25, 0.3) is 0 Å². The predicted molar refractivity (Wildman–Crippen MR) is 68.4 cm³/mol. The van der Waals surface area contributed by atoms with Crippen molar-refractivity contribution in [2.45, 2.75) is 67.8 Å². The van der Waals surface area contributed by atoms with E-state index in [2.05, 4.69) is 16.3 Å². The number of rotatable bonds is 7. The normalized spacial score (nSPS) is 22.4. The van der Waals surface area contributed by atoms with Crippen LogP contribution in [-0.2, 0) is 9.53 Å². The first kappa shape index (κ1) is 25.0. The molecule has 15 heteroatoms. The van der Waals surface area contributed by atoms with Crippen LogP contribution in [0.4, 0.5) is 52.7 Å². The molecule has 1 saturated heterocycles. The molecule has 0 aromatic carbocycles. The van der Waals surface area contributed by atoms with Crippen LogP contribution in [0.3, 0.4) is 0 Å². The quantitative estimate of drug-likeness (QED) is 0.275. The Morgan fingerprint density at radius 2 is 1.25 bits per heavy atom. The van der Waals surface area contributed by atoms with Crippen LogP contribution >= 0.6 is 11.6 Å². The zero-order valence-electron chi connectivity index (χ0n) is 13.7. The average Bonchev–Trinajstić information content (AvgIpc) is 2.68. The molecule has 1 heterocycles. The molecule has 1 fully saturated rings. The molecular formula is C13H11ClF12O2. The molecule has 0 spiro atoms. The zero-order chi connectivity index (χ0) is 22.8. The van der Waals surface area contributed by atoms with E-state index < -0.39 is 65.3 Å². The first-order chi connectivity index (χ1) is 12.0. The molecule has 1 rings (SSSR count). The summed E-state index contributed by atoms with van der Waals surface area (Å²) >= 11 is 3.58. The van der Waals surface area contributed by atoms with E-state index in [4.69, 9.17) is 0 Å². The number of carbonyl (C=O) groups excluding carboxylic acids is 1. The van der Waals surface area contributed by atoms with Crippen LogP contribution in [0.2, 0.25) is 0 Å². The van der Waals surface area contributed by atoms with Gasteiger partial charge >= 0.3 is 41.0 Å². The molecule has 0 aliphatic carbocycles. The second-order valence-electron chi connectivity index (χ2n) is 6.85.